The van der Waals surface area contributed by atoms with Crippen molar-refractivity contribution in [2.75, 3.05) is 7.11 Å². The third kappa shape index (κ3) is 2.53. The highest BCUT2D eigenvalue weighted by atomic mass is 16.5. The first-order valence-electron chi connectivity index (χ1n) is 7.96. The second-order valence-electron chi connectivity index (χ2n) is 5.85. The van der Waals surface area contributed by atoms with Gasteiger partial charge in [-0.05, 0) is 19.1 Å². The maximum Gasteiger partial charge on any atom is 0.328 e. The SMILES string of the molecule is COC(=O)[C@H](C)n1c(=O)[nH]c2cnc(-c3cnn4ccc(C#N)cc34)nc21. The molecule has 10 nitrogen and oxygen atoms in total. The molecule has 0 aromatic carbocycles. The molecule has 0 unspecified atom stereocenters. The number of aromatic amines is 1. The first kappa shape index (κ1) is 16.5. The van der Waals surface area contributed by atoms with E-state index >= 15 is 0 Å². The maximum absolute atomic E-state index is 12.3. The molecule has 0 spiro atoms. The van der Waals surface area contributed by atoms with Gasteiger partial charge in [0, 0.05) is 6.20 Å². The number of carbonyl (C=O) groups is 1. The first-order chi connectivity index (χ1) is 13.0. The number of hydrogen-bond donors (Lipinski definition) is 1. The smallest absolute Gasteiger partial charge is 0.328 e. The maximum atomic E-state index is 12.3. The van der Waals surface area contributed by atoms with Crippen molar-refractivity contribution < 1.29 is 9.53 Å². The Labute approximate surface area is 151 Å². The number of carbonyl (C=O) groups excluding carboxylic acids is 1. The van der Waals surface area contributed by atoms with E-state index in [0.717, 1.165) is 0 Å². The van der Waals surface area contributed by atoms with Gasteiger partial charge in [-0.15, -0.1) is 0 Å². The minimum Gasteiger partial charge on any atom is -0.467 e. The van der Waals surface area contributed by atoms with E-state index in [1.807, 2.05) is 0 Å². The molecular formula is C17H13N7O3. The highest BCUT2D eigenvalue weighted by Gasteiger charge is 2.22. The summed E-state index contributed by atoms with van der Waals surface area (Å²) in [4.78, 5) is 35.5. The number of nitrogens with one attached hydrogen (secondary N) is 1. The van der Waals surface area contributed by atoms with Crippen molar-refractivity contribution in [3.8, 4) is 17.5 Å². The van der Waals surface area contributed by atoms with E-state index in [4.69, 9.17) is 10.00 Å². The highest BCUT2D eigenvalue weighted by Crippen LogP contribution is 2.24. The van der Waals surface area contributed by atoms with Crippen LogP contribution >= 0.6 is 0 Å². The van der Waals surface area contributed by atoms with Gasteiger partial charge in [0.1, 0.15) is 11.6 Å². The number of fused-ring (bicyclic) bond motifs is 2. The summed E-state index contributed by atoms with van der Waals surface area (Å²) < 4.78 is 7.55. The van der Waals surface area contributed by atoms with Crippen LogP contribution in [0.1, 0.15) is 18.5 Å². The van der Waals surface area contributed by atoms with Crippen LogP contribution in [0.25, 0.3) is 28.1 Å². The summed E-state index contributed by atoms with van der Waals surface area (Å²) in [6, 6.07) is 4.55. The number of nitrogens with zero attached hydrogens (tertiary/aromatic N) is 6. The third-order valence-electron chi connectivity index (χ3n) is 4.28. The lowest BCUT2D eigenvalue weighted by Crippen LogP contribution is -2.27. The average Bonchev–Trinajstić information content (AvgIpc) is 3.25. The summed E-state index contributed by atoms with van der Waals surface area (Å²) in [6.45, 7) is 1.55. The van der Waals surface area contributed by atoms with Crippen LogP contribution in [-0.2, 0) is 9.53 Å². The number of nitriles is 1. The molecule has 0 saturated carbocycles. The number of imidazole rings is 1. The van der Waals surface area contributed by atoms with Crippen LogP contribution in [0.15, 0.2) is 35.5 Å². The third-order valence-corrected chi connectivity index (χ3v) is 4.28. The van der Waals surface area contributed by atoms with Gasteiger partial charge in [0.25, 0.3) is 0 Å². The Bertz CT molecular complexity index is 1290. The van der Waals surface area contributed by atoms with Gasteiger partial charge < -0.3 is 9.72 Å². The number of ether oxygens (including phenoxy) is 1. The number of rotatable bonds is 3. The van der Waals surface area contributed by atoms with E-state index in [0.29, 0.717) is 28.0 Å². The molecule has 0 fully saturated rings. The van der Waals surface area contributed by atoms with Gasteiger partial charge in [-0.25, -0.2) is 24.1 Å². The fraction of sp³-hybridized carbons (Fsp3) is 0.176. The van der Waals surface area contributed by atoms with Gasteiger partial charge in [-0.2, -0.15) is 10.4 Å². The number of H-pyrrole nitrogens is 1. The molecule has 1 N–H and O–H groups in total. The van der Waals surface area contributed by atoms with Crippen LogP contribution in [0.4, 0.5) is 0 Å². The Balaban J connectivity index is 1.93. The van der Waals surface area contributed by atoms with Crippen molar-refractivity contribution in [3.63, 3.8) is 0 Å². The average molecular weight is 363 g/mol. The lowest BCUT2D eigenvalue weighted by Gasteiger charge is -2.10. The summed E-state index contributed by atoms with van der Waals surface area (Å²) in [5.41, 5.74) is 1.91. The number of aromatic nitrogens is 6. The van der Waals surface area contributed by atoms with Crippen LogP contribution in [0.3, 0.4) is 0 Å². The molecule has 0 aliphatic heterocycles. The van der Waals surface area contributed by atoms with E-state index in [9.17, 15) is 9.59 Å². The molecule has 0 aliphatic carbocycles. The monoisotopic (exact) mass is 363 g/mol. The Morgan fingerprint density at radius 2 is 2.22 bits per heavy atom. The van der Waals surface area contributed by atoms with E-state index in [1.165, 1.54) is 17.9 Å². The molecule has 0 amide bonds. The van der Waals surface area contributed by atoms with E-state index < -0.39 is 17.7 Å². The second kappa shape index (κ2) is 6.06. The van der Waals surface area contributed by atoms with Crippen molar-refractivity contribution in [1.82, 2.24) is 29.1 Å². The predicted octanol–water partition coefficient (Wildman–Crippen LogP) is 1.04. The largest absolute Gasteiger partial charge is 0.467 e. The lowest BCUT2D eigenvalue weighted by molar-refractivity contribution is -0.144. The zero-order valence-corrected chi connectivity index (χ0v) is 14.4. The van der Waals surface area contributed by atoms with Gasteiger partial charge in [-0.3, -0.25) is 4.57 Å². The van der Waals surface area contributed by atoms with Crippen LogP contribution in [0.2, 0.25) is 0 Å². The van der Waals surface area contributed by atoms with Crippen molar-refractivity contribution in [2.45, 2.75) is 13.0 Å². The molecule has 0 bridgehead atoms. The molecule has 10 heteroatoms. The first-order valence-corrected chi connectivity index (χ1v) is 7.96. The zero-order chi connectivity index (χ0) is 19.1. The molecule has 4 aromatic rings. The minimum absolute atomic E-state index is 0.277. The van der Waals surface area contributed by atoms with Gasteiger partial charge in [0.2, 0.25) is 0 Å². The molecule has 4 heterocycles. The molecule has 27 heavy (non-hydrogen) atoms. The molecule has 134 valence electrons. The van der Waals surface area contributed by atoms with Crippen LogP contribution in [-0.4, -0.2) is 42.2 Å². The Kier molecular flexibility index (Phi) is 3.70. The molecule has 1 atom stereocenters. The molecule has 4 aromatic heterocycles. The zero-order valence-electron chi connectivity index (χ0n) is 14.4. The molecule has 0 saturated heterocycles. The van der Waals surface area contributed by atoms with E-state index in [2.05, 4.69) is 26.1 Å². The lowest BCUT2D eigenvalue weighted by atomic mass is 10.2. The minimum atomic E-state index is -0.854. The van der Waals surface area contributed by atoms with E-state index in [1.54, 1.807) is 36.0 Å². The normalized spacial score (nSPS) is 12.2. The Hall–Kier alpha value is -4.00. The molecule has 4 rings (SSSR count). The van der Waals surface area contributed by atoms with Crippen molar-refractivity contribution >= 4 is 22.6 Å². The van der Waals surface area contributed by atoms with Crippen LogP contribution < -0.4 is 5.69 Å². The molecule has 0 radical (unpaired) electrons. The Morgan fingerprint density at radius 1 is 1.41 bits per heavy atom. The fourth-order valence-electron chi connectivity index (χ4n) is 2.90. The van der Waals surface area contributed by atoms with Gasteiger partial charge >= 0.3 is 11.7 Å². The standard InChI is InChI=1S/C17H13N7O3/c1-9(16(25)27-2)24-15-12(21-17(24)26)8-19-14(22-15)11-7-20-23-4-3-10(6-18)5-13(11)23/h3-5,7-9H,1-2H3,(H,21,26)/t9-/m0/s1. The summed E-state index contributed by atoms with van der Waals surface area (Å²) in [7, 11) is 1.25. The van der Waals surface area contributed by atoms with Crippen molar-refractivity contribution in [3.05, 3.63) is 46.8 Å². The van der Waals surface area contributed by atoms with Crippen LogP contribution in [0, 0.1) is 11.3 Å². The van der Waals surface area contributed by atoms with Crippen molar-refractivity contribution in [1.29, 1.82) is 5.26 Å². The number of hydrogen-bond acceptors (Lipinski definition) is 7. The van der Waals surface area contributed by atoms with Gasteiger partial charge in [0.15, 0.2) is 11.5 Å². The topological polar surface area (TPSA) is 131 Å². The summed E-state index contributed by atoms with van der Waals surface area (Å²) >= 11 is 0. The fourth-order valence-corrected chi connectivity index (χ4v) is 2.90. The second-order valence-corrected chi connectivity index (χ2v) is 5.85. The number of esters is 1. The van der Waals surface area contributed by atoms with E-state index in [-0.39, 0.29) is 5.65 Å². The summed E-state index contributed by atoms with van der Waals surface area (Å²) in [5.74, 6) is -0.245. The highest BCUT2D eigenvalue weighted by molar-refractivity contribution is 5.81. The summed E-state index contributed by atoms with van der Waals surface area (Å²) in [6.07, 6.45) is 4.72. The van der Waals surface area contributed by atoms with Crippen molar-refractivity contribution in [2.24, 2.45) is 0 Å². The summed E-state index contributed by atoms with van der Waals surface area (Å²) in [5, 5.41) is 13.3. The predicted molar refractivity (Wildman–Crippen MR) is 93.8 cm³/mol. The molecular weight excluding hydrogens is 350 g/mol. The number of methoxy groups -OCH3 is 1. The van der Waals surface area contributed by atoms with Gasteiger partial charge in [0.05, 0.1) is 42.2 Å². The number of pyridine rings is 1. The molecule has 0 aliphatic rings. The van der Waals surface area contributed by atoms with Gasteiger partial charge in [-0.1, -0.05) is 0 Å². The van der Waals surface area contributed by atoms with Crippen LogP contribution in [0.5, 0.6) is 0 Å². The Morgan fingerprint density at radius 3 is 2.96 bits per heavy atom. The quantitative estimate of drug-likeness (QED) is 0.538.